The van der Waals surface area contributed by atoms with Crippen molar-refractivity contribution in [3.05, 3.63) is 52.9 Å². The first kappa shape index (κ1) is 15.8. The number of ketones is 1. The van der Waals surface area contributed by atoms with Crippen molar-refractivity contribution in [3.8, 4) is 11.4 Å². The standard InChI is InChI=1S/C19H16N4OS2/c24-16(17-6-3-9-25-17)11-26-19-22-21-18(23(19)12-7-8-12)14-10-20-15-5-2-1-4-13(14)15/h1-6,9-10,12,20H,7-8,11H2. The topological polar surface area (TPSA) is 63.6 Å². The van der Waals surface area contributed by atoms with E-state index >= 15 is 0 Å². The van der Waals surface area contributed by atoms with Gasteiger partial charge in [-0.1, -0.05) is 36.0 Å². The number of thioether (sulfide) groups is 1. The van der Waals surface area contributed by atoms with Crippen LogP contribution in [0, 0.1) is 0 Å². The van der Waals surface area contributed by atoms with E-state index in [-0.39, 0.29) is 5.78 Å². The summed E-state index contributed by atoms with van der Waals surface area (Å²) in [6.45, 7) is 0. The van der Waals surface area contributed by atoms with Crippen LogP contribution in [-0.4, -0.2) is 31.3 Å². The maximum Gasteiger partial charge on any atom is 0.192 e. The van der Waals surface area contributed by atoms with E-state index in [4.69, 9.17) is 0 Å². The average molecular weight is 380 g/mol. The van der Waals surface area contributed by atoms with E-state index < -0.39 is 0 Å². The van der Waals surface area contributed by atoms with E-state index in [9.17, 15) is 4.79 Å². The zero-order valence-electron chi connectivity index (χ0n) is 13.9. The van der Waals surface area contributed by atoms with Gasteiger partial charge in [-0.3, -0.25) is 9.36 Å². The maximum atomic E-state index is 12.3. The van der Waals surface area contributed by atoms with Crippen molar-refractivity contribution in [2.24, 2.45) is 0 Å². The van der Waals surface area contributed by atoms with Crippen LogP contribution in [0.15, 0.2) is 53.1 Å². The number of benzene rings is 1. The normalized spacial score (nSPS) is 14.2. The number of rotatable bonds is 6. The highest BCUT2D eigenvalue weighted by molar-refractivity contribution is 7.99. The molecule has 0 bridgehead atoms. The van der Waals surface area contributed by atoms with E-state index in [1.165, 1.54) is 23.1 Å². The second-order valence-corrected chi connectivity index (χ2v) is 8.23. The third-order valence-corrected chi connectivity index (χ3v) is 6.39. The highest BCUT2D eigenvalue weighted by Gasteiger charge is 2.31. The molecule has 1 aliphatic carbocycles. The number of H-pyrrole nitrogens is 1. The Labute approximate surface area is 158 Å². The molecule has 0 aliphatic heterocycles. The van der Waals surface area contributed by atoms with Crippen molar-refractivity contribution >= 4 is 39.8 Å². The molecular formula is C19H16N4OS2. The average Bonchev–Trinajstić information content (AvgIpc) is 3.09. The molecule has 0 radical (unpaired) electrons. The number of carbonyl (C=O) groups is 1. The Kier molecular flexibility index (Phi) is 3.90. The molecule has 4 aromatic rings. The molecular weight excluding hydrogens is 364 g/mol. The fraction of sp³-hybridized carbons (Fsp3) is 0.211. The Morgan fingerprint density at radius 3 is 2.92 bits per heavy atom. The number of aromatic nitrogens is 4. The number of aromatic amines is 1. The largest absolute Gasteiger partial charge is 0.360 e. The highest BCUT2D eigenvalue weighted by Crippen LogP contribution is 2.42. The molecule has 1 aliphatic rings. The first-order valence-electron chi connectivity index (χ1n) is 8.52. The molecule has 0 amide bonds. The van der Waals surface area contributed by atoms with Crippen LogP contribution in [0.5, 0.6) is 0 Å². The third kappa shape index (κ3) is 2.77. The minimum absolute atomic E-state index is 0.143. The Bertz CT molecular complexity index is 1080. The Morgan fingerprint density at radius 1 is 1.23 bits per heavy atom. The number of carbonyl (C=O) groups excluding carboxylic acids is 1. The third-order valence-electron chi connectivity index (χ3n) is 4.54. The molecule has 5 rings (SSSR count). The molecule has 1 fully saturated rings. The number of nitrogens with one attached hydrogen (secondary N) is 1. The lowest BCUT2D eigenvalue weighted by atomic mass is 10.1. The molecule has 5 nitrogen and oxygen atoms in total. The van der Waals surface area contributed by atoms with Crippen LogP contribution in [0.1, 0.15) is 28.6 Å². The number of Topliss-reactive ketones (excluding diaryl/α,β-unsaturated/α-hetero) is 1. The van der Waals surface area contributed by atoms with Gasteiger partial charge in [-0.2, -0.15) is 0 Å². The van der Waals surface area contributed by atoms with Gasteiger partial charge in [0.05, 0.1) is 10.6 Å². The van der Waals surface area contributed by atoms with Gasteiger partial charge in [0, 0.05) is 28.7 Å². The summed E-state index contributed by atoms with van der Waals surface area (Å²) in [4.78, 5) is 16.4. The molecule has 0 atom stereocenters. The van der Waals surface area contributed by atoms with E-state index in [0.717, 1.165) is 45.2 Å². The van der Waals surface area contributed by atoms with Crippen molar-refractivity contribution in [3.63, 3.8) is 0 Å². The second-order valence-electron chi connectivity index (χ2n) is 6.34. The van der Waals surface area contributed by atoms with E-state index in [1.807, 2.05) is 35.8 Å². The summed E-state index contributed by atoms with van der Waals surface area (Å²) in [5, 5.41) is 12.8. The van der Waals surface area contributed by atoms with Crippen molar-refractivity contribution in [1.82, 2.24) is 19.7 Å². The minimum atomic E-state index is 0.143. The summed E-state index contributed by atoms with van der Waals surface area (Å²) < 4.78 is 2.21. The van der Waals surface area contributed by atoms with Gasteiger partial charge in [-0.15, -0.1) is 21.5 Å². The van der Waals surface area contributed by atoms with Crippen molar-refractivity contribution in [2.75, 3.05) is 5.75 Å². The zero-order chi connectivity index (χ0) is 17.5. The van der Waals surface area contributed by atoms with Crippen molar-refractivity contribution in [1.29, 1.82) is 0 Å². The molecule has 0 unspecified atom stereocenters. The zero-order valence-corrected chi connectivity index (χ0v) is 15.5. The van der Waals surface area contributed by atoms with Gasteiger partial charge in [0.15, 0.2) is 16.8 Å². The second kappa shape index (κ2) is 6.41. The van der Waals surface area contributed by atoms with Crippen LogP contribution in [0.4, 0.5) is 0 Å². The van der Waals surface area contributed by atoms with Gasteiger partial charge in [0.2, 0.25) is 0 Å². The number of para-hydroxylation sites is 1. The molecule has 3 heterocycles. The van der Waals surface area contributed by atoms with Crippen LogP contribution >= 0.6 is 23.1 Å². The number of hydrogen-bond acceptors (Lipinski definition) is 5. The fourth-order valence-corrected chi connectivity index (χ4v) is 4.76. The summed E-state index contributed by atoms with van der Waals surface area (Å²) in [5.74, 6) is 1.42. The van der Waals surface area contributed by atoms with E-state index in [1.54, 1.807) is 0 Å². The Balaban J connectivity index is 1.47. The SMILES string of the molecule is O=C(CSc1nnc(-c2c[nH]c3ccccc23)n1C1CC1)c1cccs1. The Morgan fingerprint density at radius 2 is 2.12 bits per heavy atom. The molecule has 1 aromatic carbocycles. The first-order chi connectivity index (χ1) is 12.8. The lowest BCUT2D eigenvalue weighted by Crippen LogP contribution is -2.03. The Hall–Kier alpha value is -2.38. The van der Waals surface area contributed by atoms with Crippen LogP contribution in [0.25, 0.3) is 22.3 Å². The van der Waals surface area contributed by atoms with Gasteiger partial charge in [-0.25, -0.2) is 0 Å². The van der Waals surface area contributed by atoms with Crippen LogP contribution in [0.2, 0.25) is 0 Å². The predicted molar refractivity (Wildman–Crippen MR) is 105 cm³/mol. The maximum absolute atomic E-state index is 12.3. The summed E-state index contributed by atoms with van der Waals surface area (Å²) in [6, 6.07) is 12.4. The predicted octanol–water partition coefficient (Wildman–Crippen LogP) is 4.80. The highest BCUT2D eigenvalue weighted by atomic mass is 32.2. The van der Waals surface area contributed by atoms with Gasteiger partial charge in [0.1, 0.15) is 0 Å². The molecule has 0 saturated heterocycles. The number of nitrogens with zero attached hydrogens (tertiary/aromatic N) is 3. The van der Waals surface area contributed by atoms with Gasteiger partial charge in [-0.05, 0) is 30.4 Å². The van der Waals surface area contributed by atoms with Crippen LogP contribution < -0.4 is 0 Å². The fourth-order valence-electron chi connectivity index (χ4n) is 3.12. The monoisotopic (exact) mass is 380 g/mol. The van der Waals surface area contributed by atoms with Crippen LogP contribution in [0.3, 0.4) is 0 Å². The molecule has 1 saturated carbocycles. The molecule has 0 spiro atoms. The van der Waals surface area contributed by atoms with Gasteiger partial charge in [0.25, 0.3) is 0 Å². The minimum Gasteiger partial charge on any atom is -0.360 e. The molecule has 1 N–H and O–H groups in total. The van der Waals surface area contributed by atoms with Crippen LogP contribution in [-0.2, 0) is 0 Å². The molecule has 130 valence electrons. The summed E-state index contributed by atoms with van der Waals surface area (Å²) in [6.07, 6.45) is 4.28. The number of thiophene rings is 1. The smallest absolute Gasteiger partial charge is 0.192 e. The molecule has 26 heavy (non-hydrogen) atoms. The number of hydrogen-bond donors (Lipinski definition) is 1. The van der Waals surface area contributed by atoms with E-state index in [2.05, 4.69) is 31.9 Å². The lowest BCUT2D eigenvalue weighted by Gasteiger charge is -2.08. The number of fused-ring (bicyclic) bond motifs is 1. The molecule has 7 heteroatoms. The van der Waals surface area contributed by atoms with Crippen molar-refractivity contribution < 1.29 is 4.79 Å². The summed E-state index contributed by atoms with van der Waals surface area (Å²) in [7, 11) is 0. The summed E-state index contributed by atoms with van der Waals surface area (Å²) in [5.41, 5.74) is 2.16. The summed E-state index contributed by atoms with van der Waals surface area (Å²) >= 11 is 2.97. The van der Waals surface area contributed by atoms with E-state index in [0.29, 0.717) is 11.8 Å². The lowest BCUT2D eigenvalue weighted by molar-refractivity contribution is 0.102. The quantitative estimate of drug-likeness (QED) is 0.386. The van der Waals surface area contributed by atoms with Gasteiger partial charge >= 0.3 is 0 Å². The van der Waals surface area contributed by atoms with Crippen molar-refractivity contribution in [2.45, 2.75) is 24.0 Å². The first-order valence-corrected chi connectivity index (χ1v) is 10.4. The molecule has 3 aromatic heterocycles. The van der Waals surface area contributed by atoms with Gasteiger partial charge < -0.3 is 4.98 Å².